The number of hydrogen-bond donors (Lipinski definition) is 0. The van der Waals surface area contributed by atoms with Gasteiger partial charge in [-0.25, -0.2) is 4.79 Å². The molecule has 0 aliphatic heterocycles. The van der Waals surface area contributed by atoms with Gasteiger partial charge in [0, 0.05) is 30.3 Å². The fourth-order valence-corrected chi connectivity index (χ4v) is 7.68. The van der Waals surface area contributed by atoms with Gasteiger partial charge in [0.05, 0.1) is 6.10 Å². The Kier molecular flexibility index (Phi) is 10.8. The number of carbonyl (C=O) groups is 1. The molecule has 0 unspecified atom stereocenters. The van der Waals surface area contributed by atoms with Crippen LogP contribution in [-0.2, 0) is 14.3 Å². The highest BCUT2D eigenvalue weighted by molar-refractivity contribution is 5.87. The summed E-state index contributed by atoms with van der Waals surface area (Å²) in [6.45, 7) is 11.2. The molecular weight excluding hydrogens is 446 g/mol. The minimum atomic E-state index is -0.230. The van der Waals surface area contributed by atoms with E-state index < -0.39 is 0 Å². The Hall–Kier alpha value is -0.870. The molecule has 0 bridgehead atoms. The van der Waals surface area contributed by atoms with Crippen LogP contribution < -0.4 is 0 Å². The van der Waals surface area contributed by atoms with Gasteiger partial charge in [0.15, 0.2) is 0 Å². The van der Waals surface area contributed by atoms with E-state index in [-0.39, 0.29) is 12.1 Å². The van der Waals surface area contributed by atoms with Crippen molar-refractivity contribution < 1.29 is 14.3 Å². The second kappa shape index (κ2) is 13.8. The van der Waals surface area contributed by atoms with Crippen LogP contribution in [0, 0.1) is 17.8 Å². The lowest BCUT2D eigenvalue weighted by atomic mass is 9.79. The highest BCUT2D eigenvalue weighted by Crippen LogP contribution is 2.38. The normalized spacial score (nSPS) is 38.0. The van der Waals surface area contributed by atoms with Crippen LogP contribution in [0.25, 0.3) is 0 Å². The van der Waals surface area contributed by atoms with Gasteiger partial charge in [-0.05, 0) is 134 Å². The molecule has 4 heteroatoms. The number of nitrogens with zero attached hydrogens (tertiary/aromatic N) is 1. The van der Waals surface area contributed by atoms with Crippen molar-refractivity contribution in [1.29, 1.82) is 0 Å². The minimum absolute atomic E-state index is 0.0874. The molecule has 0 saturated heterocycles. The smallest absolute Gasteiger partial charge is 0.333 e. The fraction of sp³-hybridized carbons (Fsp3) is 0.906. The second-order valence-electron chi connectivity index (χ2n) is 13.2. The van der Waals surface area contributed by atoms with Crippen molar-refractivity contribution in [3.05, 3.63) is 12.2 Å². The molecule has 206 valence electrons. The van der Waals surface area contributed by atoms with Gasteiger partial charge in [-0.2, -0.15) is 0 Å². The van der Waals surface area contributed by atoms with Crippen molar-refractivity contribution in [3.63, 3.8) is 0 Å². The predicted octanol–water partition coefficient (Wildman–Crippen LogP) is 7.84. The number of hydrogen-bond acceptors (Lipinski definition) is 4. The standard InChI is InChI=1S/C32H55NO3/c1-23(2)32(34)36-31-17-9-26(10-18-31)21-22-35-30-19-15-29(16-20-30)33(27-11-5-24(3)6-12-27)28-13-7-25(4)8-14-28/h24-31H,1,5-22H2,2-4H3. The number of rotatable bonds is 9. The van der Waals surface area contributed by atoms with Gasteiger partial charge < -0.3 is 9.47 Å². The van der Waals surface area contributed by atoms with E-state index in [1.807, 2.05) is 0 Å². The van der Waals surface area contributed by atoms with E-state index in [4.69, 9.17) is 9.47 Å². The average molecular weight is 502 g/mol. The highest BCUT2D eigenvalue weighted by atomic mass is 16.5. The van der Waals surface area contributed by atoms with E-state index in [0.29, 0.717) is 11.7 Å². The Bertz CT molecular complexity index is 654. The lowest BCUT2D eigenvalue weighted by Crippen LogP contribution is -2.53. The van der Waals surface area contributed by atoms with Crippen molar-refractivity contribution >= 4 is 5.97 Å². The molecule has 0 atom stereocenters. The van der Waals surface area contributed by atoms with Crippen LogP contribution in [0.2, 0.25) is 0 Å². The second-order valence-corrected chi connectivity index (χ2v) is 13.2. The molecule has 4 aliphatic rings. The van der Waals surface area contributed by atoms with Crippen LogP contribution in [-0.4, -0.2) is 47.8 Å². The van der Waals surface area contributed by atoms with Crippen molar-refractivity contribution in [2.24, 2.45) is 17.8 Å². The quantitative estimate of drug-likeness (QED) is 0.238. The monoisotopic (exact) mass is 501 g/mol. The Balaban J connectivity index is 1.17. The molecule has 0 radical (unpaired) electrons. The van der Waals surface area contributed by atoms with Gasteiger partial charge in [-0.1, -0.05) is 20.4 Å². The Labute approximate surface area is 221 Å². The Morgan fingerprint density at radius 1 is 0.694 bits per heavy atom. The molecule has 4 saturated carbocycles. The molecule has 4 aliphatic carbocycles. The number of carbonyl (C=O) groups excluding carboxylic acids is 1. The summed E-state index contributed by atoms with van der Waals surface area (Å²) < 4.78 is 12.0. The van der Waals surface area contributed by atoms with Crippen molar-refractivity contribution in [3.8, 4) is 0 Å². The third-order valence-electron chi connectivity index (χ3n) is 10.2. The van der Waals surface area contributed by atoms with Crippen LogP contribution in [0.3, 0.4) is 0 Å². The van der Waals surface area contributed by atoms with E-state index in [1.165, 1.54) is 77.0 Å². The Morgan fingerprint density at radius 3 is 1.61 bits per heavy atom. The largest absolute Gasteiger partial charge is 0.459 e. The molecule has 36 heavy (non-hydrogen) atoms. The summed E-state index contributed by atoms with van der Waals surface area (Å²) >= 11 is 0. The molecule has 4 fully saturated rings. The van der Waals surface area contributed by atoms with Gasteiger partial charge in [0.1, 0.15) is 6.10 Å². The van der Waals surface area contributed by atoms with E-state index in [2.05, 4.69) is 25.3 Å². The van der Waals surface area contributed by atoms with E-state index >= 15 is 0 Å². The van der Waals surface area contributed by atoms with E-state index in [0.717, 1.165) is 74.6 Å². The molecule has 0 aromatic rings. The van der Waals surface area contributed by atoms with Crippen molar-refractivity contribution in [2.75, 3.05) is 6.61 Å². The summed E-state index contributed by atoms with van der Waals surface area (Å²) in [5.74, 6) is 2.35. The molecule has 0 heterocycles. The summed E-state index contributed by atoms with van der Waals surface area (Å²) in [7, 11) is 0. The third-order valence-corrected chi connectivity index (χ3v) is 10.2. The maximum absolute atomic E-state index is 11.8. The summed E-state index contributed by atoms with van der Waals surface area (Å²) in [5, 5.41) is 0. The first-order chi connectivity index (χ1) is 17.4. The molecule has 4 rings (SSSR count). The van der Waals surface area contributed by atoms with Crippen molar-refractivity contribution in [2.45, 2.75) is 160 Å². The van der Waals surface area contributed by atoms with E-state index in [1.54, 1.807) is 6.92 Å². The van der Waals surface area contributed by atoms with Gasteiger partial charge >= 0.3 is 5.97 Å². The zero-order chi connectivity index (χ0) is 25.5. The maximum Gasteiger partial charge on any atom is 0.333 e. The van der Waals surface area contributed by atoms with Crippen molar-refractivity contribution in [1.82, 2.24) is 4.90 Å². The predicted molar refractivity (Wildman–Crippen MR) is 148 cm³/mol. The minimum Gasteiger partial charge on any atom is -0.459 e. The number of esters is 1. The van der Waals surface area contributed by atoms with Gasteiger partial charge in [-0.15, -0.1) is 0 Å². The van der Waals surface area contributed by atoms with Gasteiger partial charge in [0.2, 0.25) is 0 Å². The summed E-state index contributed by atoms with van der Waals surface area (Å²) in [6, 6.07) is 2.47. The lowest BCUT2D eigenvalue weighted by Gasteiger charge is -2.49. The summed E-state index contributed by atoms with van der Waals surface area (Å²) in [6.07, 6.45) is 22.6. The maximum atomic E-state index is 11.8. The first-order valence-corrected chi connectivity index (χ1v) is 15.6. The summed E-state index contributed by atoms with van der Waals surface area (Å²) in [5.41, 5.74) is 0.505. The molecule has 0 spiro atoms. The zero-order valence-corrected chi connectivity index (χ0v) is 23.7. The van der Waals surface area contributed by atoms with Crippen LogP contribution in [0.15, 0.2) is 12.2 Å². The molecule has 0 amide bonds. The fourth-order valence-electron chi connectivity index (χ4n) is 7.68. The summed E-state index contributed by atoms with van der Waals surface area (Å²) in [4.78, 5) is 14.8. The average Bonchev–Trinajstić information content (AvgIpc) is 2.88. The van der Waals surface area contributed by atoms with Crippen LogP contribution >= 0.6 is 0 Å². The van der Waals surface area contributed by atoms with Gasteiger partial charge in [0.25, 0.3) is 0 Å². The van der Waals surface area contributed by atoms with E-state index in [9.17, 15) is 4.79 Å². The SMILES string of the molecule is C=C(C)C(=O)OC1CCC(CCOC2CCC(N(C3CCC(C)CC3)C3CCC(C)CC3)CC2)CC1. The molecular formula is C32H55NO3. The Morgan fingerprint density at radius 2 is 1.14 bits per heavy atom. The molecule has 0 N–H and O–H groups in total. The molecule has 0 aromatic carbocycles. The van der Waals surface area contributed by atoms with Crippen LogP contribution in [0.1, 0.15) is 130 Å². The first-order valence-electron chi connectivity index (χ1n) is 15.6. The molecule has 4 nitrogen and oxygen atoms in total. The van der Waals surface area contributed by atoms with Crippen LogP contribution in [0.4, 0.5) is 0 Å². The van der Waals surface area contributed by atoms with Gasteiger partial charge in [-0.3, -0.25) is 4.90 Å². The van der Waals surface area contributed by atoms with Crippen LogP contribution in [0.5, 0.6) is 0 Å². The zero-order valence-electron chi connectivity index (χ0n) is 23.7. The topological polar surface area (TPSA) is 38.8 Å². The first kappa shape index (κ1) is 28.1. The highest BCUT2D eigenvalue weighted by Gasteiger charge is 2.37. The molecule has 0 aromatic heterocycles. The lowest BCUT2D eigenvalue weighted by molar-refractivity contribution is -0.146. The third kappa shape index (κ3) is 8.06. The number of ether oxygens (including phenoxy) is 2.